The van der Waals surface area contributed by atoms with Gasteiger partial charge in [-0.15, -0.1) is 0 Å². The molecule has 6 fully saturated rings. The van der Waals surface area contributed by atoms with E-state index in [0.717, 1.165) is 24.2 Å². The van der Waals surface area contributed by atoms with Gasteiger partial charge in [0.2, 0.25) is 0 Å². The van der Waals surface area contributed by atoms with E-state index in [0.29, 0.717) is 24.0 Å². The van der Waals surface area contributed by atoms with Crippen LogP contribution in [0.5, 0.6) is 0 Å². The Kier molecular flexibility index (Phi) is 4.35. The number of esters is 1. The van der Waals surface area contributed by atoms with E-state index in [-0.39, 0.29) is 5.97 Å². The quantitative estimate of drug-likeness (QED) is 0.707. The molecule has 0 unspecified atom stereocenters. The number of carbonyl (C=O) groups excluding carboxylic acids is 1. The molecule has 0 aromatic heterocycles. The number of rotatable bonds is 4. The summed E-state index contributed by atoms with van der Waals surface area (Å²) in [6, 6.07) is 0.690. The van der Waals surface area contributed by atoms with Crippen LogP contribution in [-0.4, -0.2) is 36.6 Å². The molecular formula is C22H35NO2. The van der Waals surface area contributed by atoms with Crippen molar-refractivity contribution in [3.63, 3.8) is 0 Å². The first-order valence-corrected chi connectivity index (χ1v) is 11.1. The van der Waals surface area contributed by atoms with Crippen LogP contribution in [0.1, 0.15) is 77.0 Å². The van der Waals surface area contributed by atoms with E-state index in [2.05, 4.69) is 4.90 Å². The number of nitrogens with zero attached hydrogens (tertiary/aromatic N) is 1. The van der Waals surface area contributed by atoms with E-state index in [1.807, 2.05) is 0 Å². The Hall–Kier alpha value is -0.570. The van der Waals surface area contributed by atoms with Gasteiger partial charge in [-0.25, -0.2) is 0 Å². The number of piperidine rings is 2. The zero-order valence-electron chi connectivity index (χ0n) is 15.8. The van der Waals surface area contributed by atoms with Gasteiger partial charge in [0, 0.05) is 12.0 Å². The van der Waals surface area contributed by atoms with Gasteiger partial charge in [0.1, 0.15) is 0 Å². The second-order valence-corrected chi connectivity index (χ2v) is 10.3. The summed E-state index contributed by atoms with van der Waals surface area (Å²) in [5.41, 5.74) is 0.329. The molecule has 2 saturated heterocycles. The Morgan fingerprint density at radius 3 is 2.32 bits per heavy atom. The molecule has 0 aromatic rings. The van der Waals surface area contributed by atoms with E-state index < -0.39 is 0 Å². The van der Waals surface area contributed by atoms with Crippen molar-refractivity contribution < 1.29 is 9.53 Å². The minimum absolute atomic E-state index is 0.120. The van der Waals surface area contributed by atoms with Crippen LogP contribution in [0.3, 0.4) is 0 Å². The van der Waals surface area contributed by atoms with Crippen molar-refractivity contribution in [3.05, 3.63) is 0 Å². The molecule has 2 aliphatic heterocycles. The minimum Gasteiger partial charge on any atom is -0.465 e. The van der Waals surface area contributed by atoms with Crippen LogP contribution in [0.2, 0.25) is 0 Å². The molecule has 2 atom stereocenters. The van der Waals surface area contributed by atoms with E-state index in [4.69, 9.17) is 4.74 Å². The van der Waals surface area contributed by atoms with Gasteiger partial charge in [0.15, 0.2) is 0 Å². The molecule has 0 amide bonds. The van der Waals surface area contributed by atoms with E-state index in [1.165, 1.54) is 83.7 Å². The van der Waals surface area contributed by atoms with Crippen LogP contribution in [0, 0.1) is 29.1 Å². The molecule has 6 rings (SSSR count). The molecule has 140 valence electrons. The number of ether oxygens (including phenoxy) is 1. The number of fused-ring (bicyclic) bond motifs is 1. The SMILES string of the molecule is O=C(CC12CC3CC(CC(C3)C1)C2)OC[C@@H]1CCCN2CCCC[C@H]12. The highest BCUT2D eigenvalue weighted by Gasteiger charge is 2.51. The average molecular weight is 346 g/mol. The number of carbonyl (C=O) groups is 1. The zero-order valence-corrected chi connectivity index (χ0v) is 15.8. The average Bonchev–Trinajstić information content (AvgIpc) is 2.58. The summed E-state index contributed by atoms with van der Waals surface area (Å²) in [4.78, 5) is 15.4. The summed E-state index contributed by atoms with van der Waals surface area (Å²) >= 11 is 0. The third-order valence-corrected chi connectivity index (χ3v) is 8.37. The van der Waals surface area contributed by atoms with Crippen molar-refractivity contribution in [1.29, 1.82) is 0 Å². The maximum atomic E-state index is 12.7. The molecule has 25 heavy (non-hydrogen) atoms. The molecule has 6 aliphatic rings. The van der Waals surface area contributed by atoms with Crippen molar-refractivity contribution in [1.82, 2.24) is 4.90 Å². The normalized spacial score (nSPS) is 46.0. The summed E-state index contributed by atoms with van der Waals surface area (Å²) < 4.78 is 5.90. The Morgan fingerprint density at radius 1 is 0.920 bits per heavy atom. The lowest BCUT2D eigenvalue weighted by Crippen LogP contribution is -2.49. The minimum atomic E-state index is 0.120. The zero-order chi connectivity index (χ0) is 16.9. The maximum Gasteiger partial charge on any atom is 0.306 e. The maximum absolute atomic E-state index is 12.7. The molecule has 0 spiro atoms. The van der Waals surface area contributed by atoms with Crippen molar-refractivity contribution in [2.24, 2.45) is 29.1 Å². The third-order valence-electron chi connectivity index (χ3n) is 8.37. The van der Waals surface area contributed by atoms with Gasteiger partial charge in [-0.1, -0.05) is 6.42 Å². The molecule has 0 N–H and O–H groups in total. The second kappa shape index (κ2) is 6.55. The standard InChI is InChI=1S/C22H35NO2/c24-21(14-22-11-16-8-17(12-22)10-18(9-16)13-22)25-15-19-4-3-7-23-6-2-1-5-20(19)23/h16-20H,1-15H2/t16?,17?,18?,19-,20+,22?/m0/s1. The lowest BCUT2D eigenvalue weighted by molar-refractivity contribution is -0.154. The van der Waals surface area contributed by atoms with Crippen LogP contribution in [0.15, 0.2) is 0 Å². The molecule has 4 saturated carbocycles. The fourth-order valence-electron chi connectivity index (χ4n) is 7.84. The Balaban J connectivity index is 1.16. The Labute approximate surface area is 152 Å². The molecule has 3 heteroatoms. The smallest absolute Gasteiger partial charge is 0.306 e. The fraction of sp³-hybridized carbons (Fsp3) is 0.955. The summed E-state index contributed by atoms with van der Waals surface area (Å²) in [7, 11) is 0. The van der Waals surface area contributed by atoms with Gasteiger partial charge >= 0.3 is 5.97 Å². The summed E-state index contributed by atoms with van der Waals surface area (Å²) in [6.45, 7) is 3.22. The van der Waals surface area contributed by atoms with Gasteiger partial charge < -0.3 is 4.74 Å². The lowest BCUT2D eigenvalue weighted by Gasteiger charge is -2.56. The third kappa shape index (κ3) is 3.26. The van der Waals surface area contributed by atoms with Gasteiger partial charge in [-0.05, 0) is 100 Å². The van der Waals surface area contributed by atoms with Crippen molar-refractivity contribution in [2.75, 3.05) is 19.7 Å². The van der Waals surface area contributed by atoms with Crippen molar-refractivity contribution in [2.45, 2.75) is 83.1 Å². The topological polar surface area (TPSA) is 29.5 Å². The largest absolute Gasteiger partial charge is 0.465 e. The molecule has 0 radical (unpaired) electrons. The predicted molar refractivity (Wildman–Crippen MR) is 98.1 cm³/mol. The molecule has 3 nitrogen and oxygen atoms in total. The highest BCUT2D eigenvalue weighted by atomic mass is 16.5. The van der Waals surface area contributed by atoms with Gasteiger partial charge in [-0.2, -0.15) is 0 Å². The van der Waals surface area contributed by atoms with Crippen molar-refractivity contribution in [3.8, 4) is 0 Å². The van der Waals surface area contributed by atoms with Crippen LogP contribution in [-0.2, 0) is 9.53 Å². The molecule has 2 heterocycles. The van der Waals surface area contributed by atoms with Crippen LogP contribution >= 0.6 is 0 Å². The summed E-state index contributed by atoms with van der Waals surface area (Å²) in [5, 5.41) is 0. The van der Waals surface area contributed by atoms with Crippen LogP contribution in [0.4, 0.5) is 0 Å². The molecule has 4 aliphatic carbocycles. The first-order valence-electron chi connectivity index (χ1n) is 11.1. The Morgan fingerprint density at radius 2 is 1.60 bits per heavy atom. The first-order chi connectivity index (χ1) is 12.2. The van der Waals surface area contributed by atoms with Gasteiger partial charge in [0.05, 0.1) is 13.0 Å². The summed E-state index contributed by atoms with van der Waals surface area (Å²) in [6.07, 6.45) is 15.6. The molecular weight excluding hydrogens is 310 g/mol. The molecule has 0 aromatic carbocycles. The lowest BCUT2D eigenvalue weighted by atomic mass is 9.49. The number of hydrogen-bond acceptors (Lipinski definition) is 3. The van der Waals surface area contributed by atoms with E-state index >= 15 is 0 Å². The summed E-state index contributed by atoms with van der Waals surface area (Å²) in [5.74, 6) is 3.49. The van der Waals surface area contributed by atoms with Crippen LogP contribution in [0.25, 0.3) is 0 Å². The van der Waals surface area contributed by atoms with Gasteiger partial charge in [0.25, 0.3) is 0 Å². The van der Waals surface area contributed by atoms with E-state index in [1.54, 1.807) is 0 Å². The molecule has 4 bridgehead atoms. The first kappa shape index (κ1) is 16.6. The predicted octanol–water partition coefficient (Wildman–Crippen LogP) is 4.40. The highest BCUT2D eigenvalue weighted by molar-refractivity contribution is 5.70. The van der Waals surface area contributed by atoms with Crippen LogP contribution < -0.4 is 0 Å². The van der Waals surface area contributed by atoms with Crippen molar-refractivity contribution >= 4 is 5.97 Å². The number of hydrogen-bond donors (Lipinski definition) is 0. The fourth-order valence-corrected chi connectivity index (χ4v) is 7.84. The van der Waals surface area contributed by atoms with E-state index in [9.17, 15) is 4.79 Å². The second-order valence-electron chi connectivity index (χ2n) is 10.3. The van der Waals surface area contributed by atoms with Gasteiger partial charge in [-0.3, -0.25) is 9.69 Å². The monoisotopic (exact) mass is 345 g/mol. The Bertz CT molecular complexity index is 479. The highest BCUT2D eigenvalue weighted by Crippen LogP contribution is 2.61.